The van der Waals surface area contributed by atoms with Crippen LogP contribution in [0.1, 0.15) is 43.1 Å². The zero-order chi connectivity index (χ0) is 24.7. The number of hydrogen-bond acceptors (Lipinski definition) is 8. The molecule has 0 spiro atoms. The Morgan fingerprint density at radius 3 is 2.66 bits per heavy atom. The lowest BCUT2D eigenvalue weighted by Crippen LogP contribution is -2.29. The van der Waals surface area contributed by atoms with Gasteiger partial charge < -0.3 is 13.9 Å². The number of thiazole rings is 1. The van der Waals surface area contributed by atoms with E-state index in [1.165, 1.54) is 11.0 Å². The average molecular weight is 489 g/mol. The first-order valence-corrected chi connectivity index (χ1v) is 11.5. The van der Waals surface area contributed by atoms with Crippen molar-refractivity contribution in [2.45, 2.75) is 13.0 Å². The maximum atomic E-state index is 13.7. The first-order valence-electron chi connectivity index (χ1n) is 10.7. The number of fused-ring (bicyclic) bond motifs is 2. The number of amides is 1. The third kappa shape index (κ3) is 3.70. The molecule has 8 nitrogen and oxygen atoms in total. The van der Waals surface area contributed by atoms with Crippen LogP contribution in [0.2, 0.25) is 0 Å². The summed E-state index contributed by atoms with van der Waals surface area (Å²) in [4.78, 5) is 45.9. The Morgan fingerprint density at radius 1 is 1.20 bits per heavy atom. The van der Waals surface area contributed by atoms with Crippen LogP contribution in [0.3, 0.4) is 0 Å². The van der Waals surface area contributed by atoms with Crippen LogP contribution in [0, 0.1) is 6.92 Å². The SMILES string of the molecule is C=CCOC(=O)c1sc(N2C(=O)c3oc4ccccc4c(=O)c3[C@@H]2c2ccc(OC)cc2)nc1C. The molecule has 2 aromatic heterocycles. The molecule has 3 heterocycles. The number of carbonyl (C=O) groups is 2. The summed E-state index contributed by atoms with van der Waals surface area (Å²) in [7, 11) is 1.56. The van der Waals surface area contributed by atoms with Crippen molar-refractivity contribution in [3.05, 3.63) is 98.9 Å². The highest BCUT2D eigenvalue weighted by Gasteiger charge is 2.45. The van der Waals surface area contributed by atoms with Crippen LogP contribution in [0.25, 0.3) is 11.0 Å². The van der Waals surface area contributed by atoms with Gasteiger partial charge in [0.2, 0.25) is 5.76 Å². The number of para-hydroxylation sites is 1. The molecule has 0 N–H and O–H groups in total. The zero-order valence-electron chi connectivity index (χ0n) is 18.9. The second-order valence-corrected chi connectivity index (χ2v) is 8.80. The van der Waals surface area contributed by atoms with E-state index in [1.54, 1.807) is 62.6 Å². The Hall–Kier alpha value is -4.24. The van der Waals surface area contributed by atoms with Crippen molar-refractivity contribution in [3.63, 3.8) is 0 Å². The number of hydrogen-bond donors (Lipinski definition) is 0. The van der Waals surface area contributed by atoms with Gasteiger partial charge in [0.25, 0.3) is 5.91 Å². The zero-order valence-corrected chi connectivity index (χ0v) is 19.8. The van der Waals surface area contributed by atoms with Crippen LogP contribution in [0.5, 0.6) is 5.75 Å². The van der Waals surface area contributed by atoms with Crippen molar-refractivity contribution in [2.75, 3.05) is 18.6 Å². The molecule has 0 aliphatic carbocycles. The summed E-state index contributed by atoms with van der Waals surface area (Å²) in [6, 6.07) is 13.1. The van der Waals surface area contributed by atoms with E-state index in [1.807, 2.05) is 0 Å². The van der Waals surface area contributed by atoms with Crippen LogP contribution < -0.4 is 15.1 Å². The number of benzene rings is 2. The number of aromatic nitrogens is 1. The third-order valence-electron chi connectivity index (χ3n) is 5.72. The predicted molar refractivity (Wildman–Crippen MR) is 131 cm³/mol. The van der Waals surface area contributed by atoms with Crippen molar-refractivity contribution >= 4 is 39.3 Å². The van der Waals surface area contributed by atoms with Gasteiger partial charge in [-0.3, -0.25) is 14.5 Å². The lowest BCUT2D eigenvalue weighted by molar-refractivity contribution is 0.0554. The number of carbonyl (C=O) groups excluding carboxylic acids is 2. The molecule has 0 radical (unpaired) electrons. The average Bonchev–Trinajstić information content (AvgIpc) is 3.40. The van der Waals surface area contributed by atoms with E-state index in [9.17, 15) is 14.4 Å². The number of anilines is 1. The van der Waals surface area contributed by atoms with Crippen LogP contribution >= 0.6 is 11.3 Å². The predicted octanol–water partition coefficient (Wildman–Crippen LogP) is 4.66. The van der Waals surface area contributed by atoms with Crippen LogP contribution in [0.4, 0.5) is 5.13 Å². The van der Waals surface area contributed by atoms with E-state index < -0.39 is 17.9 Å². The van der Waals surface area contributed by atoms with Gasteiger partial charge in [-0.2, -0.15) is 0 Å². The van der Waals surface area contributed by atoms with Gasteiger partial charge in [-0.1, -0.05) is 48.3 Å². The molecule has 0 bridgehead atoms. The fourth-order valence-electron chi connectivity index (χ4n) is 4.09. The Kier molecular flexibility index (Phi) is 5.70. The van der Waals surface area contributed by atoms with E-state index in [4.69, 9.17) is 13.9 Å². The van der Waals surface area contributed by atoms with Gasteiger partial charge >= 0.3 is 5.97 Å². The van der Waals surface area contributed by atoms with E-state index in [2.05, 4.69) is 11.6 Å². The molecule has 1 aliphatic heterocycles. The second-order valence-electron chi connectivity index (χ2n) is 7.82. The largest absolute Gasteiger partial charge is 0.497 e. The number of nitrogens with zero attached hydrogens (tertiary/aromatic N) is 2. The van der Waals surface area contributed by atoms with Gasteiger partial charge in [-0.05, 0) is 36.8 Å². The molecule has 1 atom stereocenters. The molecule has 0 fully saturated rings. The van der Waals surface area contributed by atoms with Crippen molar-refractivity contribution < 1.29 is 23.5 Å². The molecule has 5 rings (SSSR count). The fraction of sp³-hybridized carbons (Fsp3) is 0.154. The lowest BCUT2D eigenvalue weighted by atomic mass is 9.98. The molecule has 4 aromatic rings. The van der Waals surface area contributed by atoms with Gasteiger partial charge in [-0.15, -0.1) is 0 Å². The standard InChI is InChI=1S/C26H20N2O6S/c1-4-13-33-25(31)23-14(2)27-26(35-23)28-20(15-9-11-16(32-3)12-10-15)19-21(29)17-7-5-6-8-18(17)34-22(19)24(28)30/h4-12,20H,1,13H2,2-3H3/t20-/m0/s1. The van der Waals surface area contributed by atoms with Gasteiger partial charge in [-0.25, -0.2) is 9.78 Å². The maximum absolute atomic E-state index is 13.7. The molecule has 1 aliphatic rings. The van der Waals surface area contributed by atoms with Gasteiger partial charge in [0, 0.05) is 0 Å². The van der Waals surface area contributed by atoms with Crippen molar-refractivity contribution in [3.8, 4) is 5.75 Å². The third-order valence-corrected chi connectivity index (χ3v) is 6.85. The molecular formula is C26H20N2O6S. The topological polar surface area (TPSA) is 98.9 Å². The van der Waals surface area contributed by atoms with Crippen molar-refractivity contribution in [2.24, 2.45) is 0 Å². The number of rotatable bonds is 6. The van der Waals surface area contributed by atoms with Crippen LogP contribution in [-0.4, -0.2) is 30.6 Å². The number of methoxy groups -OCH3 is 1. The molecule has 176 valence electrons. The fourth-order valence-corrected chi connectivity index (χ4v) is 5.08. The van der Waals surface area contributed by atoms with E-state index in [0.29, 0.717) is 28.0 Å². The summed E-state index contributed by atoms with van der Waals surface area (Å²) in [5.74, 6) is -0.481. The van der Waals surface area contributed by atoms with E-state index >= 15 is 0 Å². The smallest absolute Gasteiger partial charge is 0.350 e. The van der Waals surface area contributed by atoms with Gasteiger partial charge in [0.15, 0.2) is 10.6 Å². The lowest BCUT2D eigenvalue weighted by Gasteiger charge is -2.22. The molecule has 9 heteroatoms. The van der Waals surface area contributed by atoms with Crippen molar-refractivity contribution in [1.29, 1.82) is 0 Å². The Morgan fingerprint density at radius 2 is 1.94 bits per heavy atom. The normalized spacial score (nSPS) is 14.7. The summed E-state index contributed by atoms with van der Waals surface area (Å²) in [5.41, 5.74) is 1.34. The molecular weight excluding hydrogens is 468 g/mol. The molecule has 0 saturated carbocycles. The van der Waals surface area contributed by atoms with E-state index in [-0.39, 0.29) is 33.4 Å². The minimum atomic E-state index is -0.799. The summed E-state index contributed by atoms with van der Waals surface area (Å²) in [6.07, 6.45) is 1.47. The molecule has 1 amide bonds. The summed E-state index contributed by atoms with van der Waals surface area (Å²) in [5, 5.41) is 0.636. The van der Waals surface area contributed by atoms with Gasteiger partial charge in [0.05, 0.1) is 29.8 Å². The summed E-state index contributed by atoms with van der Waals surface area (Å²) < 4.78 is 16.4. The number of esters is 1. The van der Waals surface area contributed by atoms with Crippen LogP contribution in [0.15, 0.2) is 70.4 Å². The highest BCUT2D eigenvalue weighted by Crippen LogP contribution is 2.43. The molecule has 2 aromatic carbocycles. The summed E-state index contributed by atoms with van der Waals surface area (Å²) in [6.45, 7) is 5.27. The highest BCUT2D eigenvalue weighted by molar-refractivity contribution is 7.17. The number of aryl methyl sites for hydroxylation is 1. The monoisotopic (exact) mass is 488 g/mol. The summed E-state index contributed by atoms with van der Waals surface area (Å²) >= 11 is 1.02. The van der Waals surface area contributed by atoms with Crippen LogP contribution in [-0.2, 0) is 4.74 Å². The number of ether oxygens (including phenoxy) is 2. The minimum absolute atomic E-state index is 0.0434. The van der Waals surface area contributed by atoms with E-state index in [0.717, 1.165) is 11.3 Å². The quantitative estimate of drug-likeness (QED) is 0.288. The highest BCUT2D eigenvalue weighted by atomic mass is 32.1. The minimum Gasteiger partial charge on any atom is -0.497 e. The maximum Gasteiger partial charge on any atom is 0.350 e. The molecule has 35 heavy (non-hydrogen) atoms. The first-order chi connectivity index (χ1) is 16.9. The second kappa shape index (κ2) is 8.84. The Bertz CT molecular complexity index is 1540. The molecule has 0 saturated heterocycles. The van der Waals surface area contributed by atoms with Gasteiger partial charge in [0.1, 0.15) is 22.8 Å². The molecule has 0 unspecified atom stereocenters. The van der Waals surface area contributed by atoms with Crippen molar-refractivity contribution in [1.82, 2.24) is 4.98 Å². The first kappa shape index (κ1) is 22.5. The Balaban J connectivity index is 1.70. The Labute approximate surface area is 204 Å².